The fourth-order valence-electron chi connectivity index (χ4n) is 3.94. The minimum Gasteiger partial charge on any atom is -0.462 e. The first-order valence-corrected chi connectivity index (χ1v) is 10.5. The molecular formula is C20H30FN7O3. The Bertz CT molecular complexity index is 834. The van der Waals surface area contributed by atoms with E-state index in [1.807, 2.05) is 23.9 Å². The molecule has 2 N–H and O–H groups in total. The van der Waals surface area contributed by atoms with Crippen molar-refractivity contribution < 1.29 is 18.7 Å². The van der Waals surface area contributed by atoms with Gasteiger partial charge in [0.1, 0.15) is 18.5 Å². The van der Waals surface area contributed by atoms with Crippen LogP contribution in [0.2, 0.25) is 0 Å². The highest BCUT2D eigenvalue weighted by Gasteiger charge is 2.32. The van der Waals surface area contributed by atoms with Crippen LogP contribution < -0.4 is 15.4 Å². The van der Waals surface area contributed by atoms with Crippen LogP contribution in [0.4, 0.5) is 15.9 Å². The van der Waals surface area contributed by atoms with Gasteiger partial charge in [-0.3, -0.25) is 9.80 Å². The van der Waals surface area contributed by atoms with Crippen molar-refractivity contribution in [2.75, 3.05) is 64.1 Å². The van der Waals surface area contributed by atoms with Crippen LogP contribution in [-0.4, -0.2) is 97.5 Å². The van der Waals surface area contributed by atoms with E-state index in [1.54, 1.807) is 6.92 Å². The molecule has 31 heavy (non-hydrogen) atoms. The molecule has 0 aliphatic carbocycles. The average molecular weight is 436 g/mol. The SMILES string of the molecule is CCOC(=O)c1nc(OC[C@@H]2C[C@@H](F)CN2C)nc(N2CCN(C)[C@@H](CC#N)C2)c1N. The summed E-state index contributed by atoms with van der Waals surface area (Å²) in [6, 6.07) is 2.11. The van der Waals surface area contributed by atoms with Crippen LogP contribution in [0, 0.1) is 11.3 Å². The minimum atomic E-state index is -0.890. The molecule has 2 fully saturated rings. The fraction of sp³-hybridized carbons (Fsp3) is 0.700. The van der Waals surface area contributed by atoms with E-state index in [4.69, 9.17) is 20.5 Å². The molecule has 0 bridgehead atoms. The van der Waals surface area contributed by atoms with Crippen molar-refractivity contribution in [3.05, 3.63) is 5.69 Å². The Kier molecular flexibility index (Phi) is 7.46. The van der Waals surface area contributed by atoms with Crippen molar-refractivity contribution >= 4 is 17.5 Å². The monoisotopic (exact) mass is 435 g/mol. The van der Waals surface area contributed by atoms with Crippen LogP contribution in [0.5, 0.6) is 6.01 Å². The van der Waals surface area contributed by atoms with Crippen molar-refractivity contribution in [1.82, 2.24) is 19.8 Å². The number of aromatic nitrogens is 2. The third-order valence-corrected chi connectivity index (χ3v) is 5.82. The summed E-state index contributed by atoms with van der Waals surface area (Å²) in [5.41, 5.74) is 6.33. The van der Waals surface area contributed by atoms with Crippen LogP contribution in [0.15, 0.2) is 0 Å². The van der Waals surface area contributed by atoms with E-state index in [-0.39, 0.29) is 42.7 Å². The van der Waals surface area contributed by atoms with Crippen molar-refractivity contribution in [2.24, 2.45) is 0 Å². The van der Waals surface area contributed by atoms with E-state index in [1.165, 1.54) is 0 Å². The van der Waals surface area contributed by atoms with Gasteiger partial charge in [-0.1, -0.05) is 0 Å². The quantitative estimate of drug-likeness (QED) is 0.612. The average Bonchev–Trinajstić information content (AvgIpc) is 3.06. The summed E-state index contributed by atoms with van der Waals surface area (Å²) in [7, 11) is 3.81. The van der Waals surface area contributed by atoms with E-state index in [9.17, 15) is 9.18 Å². The smallest absolute Gasteiger partial charge is 0.359 e. The van der Waals surface area contributed by atoms with Gasteiger partial charge in [0.25, 0.3) is 0 Å². The second-order valence-electron chi connectivity index (χ2n) is 7.99. The second-order valence-corrected chi connectivity index (χ2v) is 7.99. The zero-order valence-electron chi connectivity index (χ0n) is 18.3. The molecule has 2 aliphatic rings. The first-order chi connectivity index (χ1) is 14.8. The van der Waals surface area contributed by atoms with Gasteiger partial charge in [0.05, 0.1) is 19.1 Å². The molecule has 0 amide bonds. The molecule has 3 heterocycles. The lowest BCUT2D eigenvalue weighted by Crippen LogP contribution is -2.51. The first-order valence-electron chi connectivity index (χ1n) is 10.5. The maximum Gasteiger partial charge on any atom is 0.359 e. The van der Waals surface area contributed by atoms with E-state index in [0.29, 0.717) is 44.8 Å². The van der Waals surface area contributed by atoms with Gasteiger partial charge in [-0.05, 0) is 27.4 Å². The van der Waals surface area contributed by atoms with E-state index in [0.717, 1.165) is 0 Å². The highest BCUT2D eigenvalue weighted by Crippen LogP contribution is 2.29. The molecule has 1 aromatic heterocycles. The summed E-state index contributed by atoms with van der Waals surface area (Å²) in [5, 5.41) is 9.12. The number of carbonyl (C=O) groups excluding carboxylic acids is 1. The third-order valence-electron chi connectivity index (χ3n) is 5.82. The lowest BCUT2D eigenvalue weighted by Gasteiger charge is -2.39. The summed E-state index contributed by atoms with van der Waals surface area (Å²) in [6.45, 7) is 4.30. The molecule has 0 aromatic carbocycles. The summed E-state index contributed by atoms with van der Waals surface area (Å²) >= 11 is 0. The number of rotatable bonds is 7. The summed E-state index contributed by atoms with van der Waals surface area (Å²) in [5.74, 6) is -0.273. The number of esters is 1. The number of nitriles is 1. The molecule has 170 valence electrons. The van der Waals surface area contributed by atoms with Gasteiger partial charge in [0, 0.05) is 38.3 Å². The Hall–Kier alpha value is -2.71. The summed E-state index contributed by atoms with van der Waals surface area (Å²) < 4.78 is 24.5. The van der Waals surface area contributed by atoms with Gasteiger partial charge in [-0.15, -0.1) is 0 Å². The van der Waals surface area contributed by atoms with Gasteiger partial charge in [-0.25, -0.2) is 9.18 Å². The molecule has 0 unspecified atom stereocenters. The molecule has 0 spiro atoms. The number of nitrogen functional groups attached to an aromatic ring is 1. The van der Waals surface area contributed by atoms with Crippen molar-refractivity contribution in [3.8, 4) is 12.1 Å². The van der Waals surface area contributed by atoms with Crippen LogP contribution in [0.25, 0.3) is 0 Å². The number of nitrogens with zero attached hydrogens (tertiary/aromatic N) is 6. The Balaban J connectivity index is 1.86. The predicted octanol–water partition coefficient (Wildman–Crippen LogP) is 0.691. The lowest BCUT2D eigenvalue weighted by molar-refractivity contribution is 0.0518. The number of anilines is 2. The van der Waals surface area contributed by atoms with Gasteiger partial charge < -0.3 is 20.1 Å². The van der Waals surface area contributed by atoms with Gasteiger partial charge in [0.15, 0.2) is 11.5 Å². The lowest BCUT2D eigenvalue weighted by atomic mass is 10.1. The highest BCUT2D eigenvalue weighted by molar-refractivity contribution is 5.95. The Morgan fingerprint density at radius 1 is 1.26 bits per heavy atom. The van der Waals surface area contributed by atoms with Crippen molar-refractivity contribution in [2.45, 2.75) is 38.0 Å². The topological polar surface area (TPSA) is 121 Å². The van der Waals surface area contributed by atoms with Gasteiger partial charge >= 0.3 is 12.0 Å². The number of likely N-dealkylation sites (tertiary alicyclic amines) is 1. The number of carbonyl (C=O) groups is 1. The number of halogens is 1. The number of nitrogens with two attached hydrogens (primary N) is 1. The fourth-order valence-corrected chi connectivity index (χ4v) is 3.94. The maximum atomic E-state index is 13.7. The van der Waals surface area contributed by atoms with Gasteiger partial charge in [-0.2, -0.15) is 15.2 Å². The standard InChI is InChI=1S/C20H30FN7O3/c1-4-30-19(29)17-16(23)18(28-8-7-26(2)14(11-28)5-6-22)25-20(24-17)31-12-15-9-13(21)10-27(15)3/h13-15H,4-5,7-12,23H2,1-3H3/t13-,14+,15+/m1/s1. The Morgan fingerprint density at radius 3 is 2.68 bits per heavy atom. The van der Waals surface area contributed by atoms with Crippen LogP contribution in [0.1, 0.15) is 30.3 Å². The first kappa shape index (κ1) is 23.0. The second kappa shape index (κ2) is 10.1. The molecule has 3 rings (SSSR count). The molecule has 3 atom stereocenters. The number of piperazine rings is 1. The normalized spacial score (nSPS) is 24.7. The number of alkyl halides is 1. The zero-order chi connectivity index (χ0) is 22.5. The zero-order valence-corrected chi connectivity index (χ0v) is 18.3. The highest BCUT2D eigenvalue weighted by atomic mass is 19.1. The van der Waals surface area contributed by atoms with Crippen molar-refractivity contribution in [3.63, 3.8) is 0 Å². The Morgan fingerprint density at radius 2 is 2.03 bits per heavy atom. The summed E-state index contributed by atoms with van der Waals surface area (Å²) in [6.07, 6.45) is -0.152. The molecule has 11 heteroatoms. The molecular weight excluding hydrogens is 405 g/mol. The molecule has 1 aromatic rings. The number of likely N-dealkylation sites (N-methyl/N-ethyl adjacent to an activating group) is 2. The maximum absolute atomic E-state index is 13.7. The van der Waals surface area contributed by atoms with Crippen molar-refractivity contribution in [1.29, 1.82) is 5.26 Å². The van der Waals surface area contributed by atoms with Crippen LogP contribution >= 0.6 is 0 Å². The molecule has 0 saturated carbocycles. The number of hydrogen-bond acceptors (Lipinski definition) is 10. The number of ether oxygens (including phenoxy) is 2. The van der Waals surface area contributed by atoms with E-state index < -0.39 is 12.1 Å². The summed E-state index contributed by atoms with van der Waals surface area (Å²) in [4.78, 5) is 27.1. The molecule has 0 radical (unpaired) electrons. The Labute approximate surface area is 181 Å². The largest absolute Gasteiger partial charge is 0.462 e. The van der Waals surface area contributed by atoms with E-state index in [2.05, 4.69) is 20.9 Å². The molecule has 2 aliphatic heterocycles. The molecule has 2 saturated heterocycles. The molecule has 10 nitrogen and oxygen atoms in total. The third kappa shape index (κ3) is 5.32. The van der Waals surface area contributed by atoms with E-state index >= 15 is 0 Å². The van der Waals surface area contributed by atoms with Crippen LogP contribution in [-0.2, 0) is 4.74 Å². The minimum absolute atomic E-state index is 0.00118. The van der Waals surface area contributed by atoms with Gasteiger partial charge in [0.2, 0.25) is 0 Å². The number of hydrogen-bond donors (Lipinski definition) is 1. The van der Waals surface area contributed by atoms with Crippen LogP contribution in [0.3, 0.4) is 0 Å². The predicted molar refractivity (Wildman–Crippen MR) is 113 cm³/mol.